The van der Waals surface area contributed by atoms with Crippen LogP contribution in [0.5, 0.6) is 5.75 Å². The Bertz CT molecular complexity index is 616. The first kappa shape index (κ1) is 15.8. The molecule has 0 aliphatic carbocycles. The number of carbonyl (C=O) groups is 1. The Labute approximate surface area is 132 Å². The van der Waals surface area contributed by atoms with Crippen molar-refractivity contribution in [1.29, 1.82) is 0 Å². The summed E-state index contributed by atoms with van der Waals surface area (Å²) in [4.78, 5) is 12.1. The molecule has 0 saturated heterocycles. The molecule has 0 fully saturated rings. The van der Waals surface area contributed by atoms with Crippen LogP contribution in [-0.4, -0.2) is 28.5 Å². The Kier molecular flexibility index (Phi) is 5.58. The van der Waals surface area contributed by atoms with Gasteiger partial charge < -0.3 is 4.74 Å². The van der Waals surface area contributed by atoms with E-state index >= 15 is 0 Å². The van der Waals surface area contributed by atoms with Crippen molar-refractivity contribution in [2.75, 3.05) is 11.6 Å². The maximum Gasteiger partial charge on any atom is 0.266 e. The smallest absolute Gasteiger partial charge is 0.266 e. The minimum Gasteiger partial charge on any atom is -0.481 e. The second kappa shape index (κ2) is 7.42. The lowest BCUT2D eigenvalue weighted by Gasteiger charge is -2.15. The molecule has 1 aromatic carbocycles. The maximum atomic E-state index is 12.1. The summed E-state index contributed by atoms with van der Waals surface area (Å²) in [6, 6.07) is 7.73. The van der Waals surface area contributed by atoms with Crippen molar-refractivity contribution in [3.05, 3.63) is 29.8 Å². The van der Waals surface area contributed by atoms with E-state index < -0.39 is 6.10 Å². The third-order valence-corrected chi connectivity index (χ3v) is 4.65. The van der Waals surface area contributed by atoms with Crippen molar-refractivity contribution in [2.24, 2.45) is 0 Å². The van der Waals surface area contributed by atoms with Gasteiger partial charge in [-0.3, -0.25) is 10.1 Å². The molecule has 0 bridgehead atoms. The molecule has 1 heterocycles. The molecule has 1 aromatic heterocycles. The van der Waals surface area contributed by atoms with Gasteiger partial charge in [-0.25, -0.2) is 0 Å². The van der Waals surface area contributed by atoms with Crippen LogP contribution < -0.4 is 10.1 Å². The van der Waals surface area contributed by atoms with E-state index in [0.29, 0.717) is 5.13 Å². The SMILES string of the molecule is CCc1ccccc1O[C@@H](C)C(=O)Nc1nnc(SC)s1. The Hall–Kier alpha value is -1.60. The van der Waals surface area contributed by atoms with E-state index in [0.717, 1.165) is 22.1 Å². The van der Waals surface area contributed by atoms with Crippen LogP contribution in [0.1, 0.15) is 19.4 Å². The van der Waals surface area contributed by atoms with Crippen LogP contribution >= 0.6 is 23.1 Å². The summed E-state index contributed by atoms with van der Waals surface area (Å²) in [5.74, 6) is 0.509. The first-order chi connectivity index (χ1) is 10.1. The molecule has 2 rings (SSSR count). The molecule has 0 radical (unpaired) electrons. The van der Waals surface area contributed by atoms with Gasteiger partial charge in [0.2, 0.25) is 5.13 Å². The molecule has 0 saturated carbocycles. The van der Waals surface area contributed by atoms with Gasteiger partial charge in [0.15, 0.2) is 10.4 Å². The number of nitrogens with one attached hydrogen (secondary N) is 1. The van der Waals surface area contributed by atoms with Gasteiger partial charge in [-0.1, -0.05) is 48.2 Å². The van der Waals surface area contributed by atoms with Crippen LogP contribution in [0.2, 0.25) is 0 Å². The van der Waals surface area contributed by atoms with Crippen LogP contribution in [-0.2, 0) is 11.2 Å². The van der Waals surface area contributed by atoms with Gasteiger partial charge in [0, 0.05) is 0 Å². The summed E-state index contributed by atoms with van der Waals surface area (Å²) in [7, 11) is 0. The molecule has 112 valence electrons. The normalized spacial score (nSPS) is 12.0. The highest BCUT2D eigenvalue weighted by molar-refractivity contribution is 8.00. The monoisotopic (exact) mass is 323 g/mol. The van der Waals surface area contributed by atoms with Crippen LogP contribution in [0.15, 0.2) is 28.6 Å². The van der Waals surface area contributed by atoms with Crippen LogP contribution in [0.25, 0.3) is 0 Å². The maximum absolute atomic E-state index is 12.1. The highest BCUT2D eigenvalue weighted by Gasteiger charge is 2.17. The first-order valence-corrected chi connectivity index (χ1v) is 8.61. The lowest BCUT2D eigenvalue weighted by molar-refractivity contribution is -0.122. The van der Waals surface area contributed by atoms with E-state index in [9.17, 15) is 4.79 Å². The second-order valence-electron chi connectivity index (χ2n) is 4.29. The number of nitrogens with zero attached hydrogens (tertiary/aromatic N) is 2. The van der Waals surface area contributed by atoms with Gasteiger partial charge >= 0.3 is 0 Å². The van der Waals surface area contributed by atoms with E-state index in [1.165, 1.54) is 23.1 Å². The number of thioether (sulfide) groups is 1. The molecule has 1 N–H and O–H groups in total. The van der Waals surface area contributed by atoms with Crippen molar-refractivity contribution in [3.8, 4) is 5.75 Å². The summed E-state index contributed by atoms with van der Waals surface area (Å²) in [6.45, 7) is 3.77. The Morgan fingerprint density at radius 2 is 2.19 bits per heavy atom. The van der Waals surface area contributed by atoms with Crippen molar-refractivity contribution >= 4 is 34.1 Å². The molecule has 0 spiro atoms. The minimum absolute atomic E-state index is 0.232. The fraction of sp³-hybridized carbons (Fsp3) is 0.357. The van der Waals surface area contributed by atoms with E-state index in [1.54, 1.807) is 6.92 Å². The molecule has 1 amide bonds. The molecular weight excluding hydrogens is 306 g/mol. The van der Waals surface area contributed by atoms with Crippen molar-refractivity contribution in [1.82, 2.24) is 10.2 Å². The quantitative estimate of drug-likeness (QED) is 0.653. The van der Waals surface area contributed by atoms with E-state index in [1.807, 2.05) is 30.5 Å². The first-order valence-electron chi connectivity index (χ1n) is 6.57. The van der Waals surface area contributed by atoms with E-state index in [2.05, 4.69) is 22.4 Å². The van der Waals surface area contributed by atoms with Gasteiger partial charge in [0.25, 0.3) is 5.91 Å². The lowest BCUT2D eigenvalue weighted by atomic mass is 10.1. The molecule has 7 heteroatoms. The molecule has 1 atom stereocenters. The molecule has 21 heavy (non-hydrogen) atoms. The van der Waals surface area contributed by atoms with E-state index in [4.69, 9.17) is 4.74 Å². The fourth-order valence-corrected chi connectivity index (χ4v) is 2.88. The number of aromatic nitrogens is 2. The minimum atomic E-state index is -0.598. The lowest BCUT2D eigenvalue weighted by Crippen LogP contribution is -2.30. The Morgan fingerprint density at radius 1 is 1.43 bits per heavy atom. The number of rotatable bonds is 6. The molecule has 2 aromatic rings. The number of carbonyl (C=O) groups excluding carboxylic acids is 1. The van der Waals surface area contributed by atoms with Gasteiger partial charge in [-0.05, 0) is 31.2 Å². The molecule has 0 aliphatic heterocycles. The standard InChI is InChI=1S/C14H17N3O2S2/c1-4-10-7-5-6-8-11(10)19-9(2)12(18)15-13-16-17-14(20-3)21-13/h5-9H,4H2,1-3H3,(H,15,16,18)/t9-/m0/s1. The number of aryl methyl sites for hydroxylation is 1. The summed E-state index contributed by atoms with van der Waals surface area (Å²) in [5, 5.41) is 11.1. The highest BCUT2D eigenvalue weighted by Crippen LogP contribution is 2.24. The number of benzene rings is 1. The number of amides is 1. The van der Waals surface area contributed by atoms with Crippen molar-refractivity contribution in [3.63, 3.8) is 0 Å². The summed E-state index contributed by atoms with van der Waals surface area (Å²) < 4.78 is 6.56. The van der Waals surface area contributed by atoms with Crippen LogP contribution in [0.3, 0.4) is 0 Å². The topological polar surface area (TPSA) is 64.1 Å². The average Bonchev–Trinajstić information content (AvgIpc) is 2.95. The number of hydrogen-bond acceptors (Lipinski definition) is 6. The van der Waals surface area contributed by atoms with Gasteiger partial charge in [0.05, 0.1) is 0 Å². The fourth-order valence-electron chi connectivity index (χ4n) is 1.70. The van der Waals surface area contributed by atoms with Crippen LogP contribution in [0.4, 0.5) is 5.13 Å². The zero-order valence-electron chi connectivity index (χ0n) is 12.1. The molecular formula is C14H17N3O2S2. The Morgan fingerprint density at radius 3 is 2.86 bits per heavy atom. The summed E-state index contributed by atoms with van der Waals surface area (Å²) in [5.41, 5.74) is 1.08. The zero-order chi connectivity index (χ0) is 15.2. The average molecular weight is 323 g/mol. The predicted octanol–water partition coefficient (Wildman–Crippen LogP) is 3.23. The largest absolute Gasteiger partial charge is 0.481 e. The highest BCUT2D eigenvalue weighted by atomic mass is 32.2. The molecule has 5 nitrogen and oxygen atoms in total. The van der Waals surface area contributed by atoms with Gasteiger partial charge in [-0.2, -0.15) is 0 Å². The zero-order valence-corrected chi connectivity index (χ0v) is 13.8. The molecule has 0 unspecified atom stereocenters. The number of ether oxygens (including phenoxy) is 1. The second-order valence-corrected chi connectivity index (χ2v) is 6.32. The Balaban J connectivity index is 1.99. The van der Waals surface area contributed by atoms with Crippen LogP contribution in [0, 0.1) is 0 Å². The van der Waals surface area contributed by atoms with Gasteiger partial charge in [-0.15, -0.1) is 10.2 Å². The predicted molar refractivity (Wildman–Crippen MR) is 86.2 cm³/mol. The summed E-state index contributed by atoms with van der Waals surface area (Å²) in [6.07, 6.45) is 2.18. The third-order valence-electron chi connectivity index (χ3n) is 2.84. The third kappa shape index (κ3) is 4.18. The van der Waals surface area contributed by atoms with Crippen molar-refractivity contribution in [2.45, 2.75) is 30.7 Å². The van der Waals surface area contributed by atoms with Gasteiger partial charge in [0.1, 0.15) is 5.75 Å². The number of hydrogen-bond donors (Lipinski definition) is 1. The summed E-state index contributed by atoms with van der Waals surface area (Å²) >= 11 is 2.84. The number of anilines is 1. The van der Waals surface area contributed by atoms with Crippen molar-refractivity contribution < 1.29 is 9.53 Å². The molecule has 0 aliphatic rings. The van der Waals surface area contributed by atoms with E-state index in [-0.39, 0.29) is 5.91 Å². The number of para-hydroxylation sites is 1.